The number of carbonyl (C=O) groups is 1. The Kier molecular flexibility index (Phi) is 5.67. The van der Waals surface area contributed by atoms with Crippen LogP contribution >= 0.6 is 0 Å². The quantitative estimate of drug-likeness (QED) is 0.797. The lowest BCUT2D eigenvalue weighted by atomic mass is 9.92. The molecule has 25 heavy (non-hydrogen) atoms. The number of amides is 1. The van der Waals surface area contributed by atoms with Crippen molar-refractivity contribution in [1.29, 1.82) is 0 Å². The van der Waals surface area contributed by atoms with Gasteiger partial charge in [-0.2, -0.15) is 0 Å². The van der Waals surface area contributed by atoms with Gasteiger partial charge in [-0.05, 0) is 68.7 Å². The Morgan fingerprint density at radius 1 is 1.36 bits per heavy atom. The van der Waals surface area contributed by atoms with Crippen LogP contribution in [0.25, 0.3) is 0 Å². The minimum absolute atomic E-state index is 0.213. The van der Waals surface area contributed by atoms with Crippen molar-refractivity contribution in [1.82, 2.24) is 10.6 Å². The van der Waals surface area contributed by atoms with Crippen molar-refractivity contribution in [2.75, 3.05) is 19.7 Å². The Bertz CT molecular complexity index is 606. The topological polar surface area (TPSA) is 50.4 Å². The summed E-state index contributed by atoms with van der Waals surface area (Å²) in [6.45, 7) is 9.86. The van der Waals surface area contributed by atoms with E-state index in [-0.39, 0.29) is 11.8 Å². The second kappa shape index (κ2) is 7.77. The summed E-state index contributed by atoms with van der Waals surface area (Å²) >= 11 is 0. The average molecular weight is 344 g/mol. The fourth-order valence-electron chi connectivity index (χ4n) is 3.85. The van der Waals surface area contributed by atoms with E-state index in [0.717, 1.165) is 56.7 Å². The van der Waals surface area contributed by atoms with Crippen molar-refractivity contribution in [3.63, 3.8) is 0 Å². The van der Waals surface area contributed by atoms with Crippen molar-refractivity contribution in [2.45, 2.75) is 53.0 Å². The molecule has 3 rings (SSSR count). The molecule has 1 aliphatic carbocycles. The maximum atomic E-state index is 12.6. The highest BCUT2D eigenvalue weighted by atomic mass is 16.5. The Hall–Kier alpha value is -1.55. The lowest BCUT2D eigenvalue weighted by Crippen LogP contribution is -2.33. The van der Waals surface area contributed by atoms with E-state index < -0.39 is 0 Å². The molecule has 1 heterocycles. The van der Waals surface area contributed by atoms with Crippen LogP contribution in [0, 0.1) is 24.2 Å². The van der Waals surface area contributed by atoms with Gasteiger partial charge in [0.15, 0.2) is 0 Å². The zero-order valence-electron chi connectivity index (χ0n) is 15.9. The molecule has 138 valence electrons. The SMILES string of the molecule is Cc1ccc(CNC(=O)C2CC23CCNCC3)c(OCCC(C)C)c1. The molecule has 4 nitrogen and oxygen atoms in total. The molecule has 2 aliphatic rings. The molecule has 0 aromatic heterocycles. The molecule has 1 aliphatic heterocycles. The van der Waals surface area contributed by atoms with Gasteiger partial charge < -0.3 is 15.4 Å². The summed E-state index contributed by atoms with van der Waals surface area (Å²) in [5, 5.41) is 6.54. The second-order valence-electron chi connectivity index (χ2n) is 8.23. The van der Waals surface area contributed by atoms with Crippen LogP contribution in [0.4, 0.5) is 0 Å². The number of hydrogen-bond donors (Lipinski definition) is 2. The summed E-state index contributed by atoms with van der Waals surface area (Å²) in [6, 6.07) is 6.24. The van der Waals surface area contributed by atoms with Gasteiger partial charge in [0.1, 0.15) is 5.75 Å². The van der Waals surface area contributed by atoms with Gasteiger partial charge in [-0.1, -0.05) is 26.0 Å². The molecular formula is C21H32N2O2. The molecule has 1 aromatic rings. The molecule has 0 bridgehead atoms. The molecule has 1 unspecified atom stereocenters. The molecule has 1 spiro atoms. The van der Waals surface area contributed by atoms with Crippen LogP contribution in [0.2, 0.25) is 0 Å². The second-order valence-corrected chi connectivity index (χ2v) is 8.23. The lowest BCUT2D eigenvalue weighted by Gasteiger charge is -2.23. The molecule has 2 fully saturated rings. The molecule has 0 radical (unpaired) electrons. The van der Waals surface area contributed by atoms with E-state index in [0.29, 0.717) is 17.9 Å². The highest BCUT2D eigenvalue weighted by Crippen LogP contribution is 2.58. The molecule has 2 N–H and O–H groups in total. The Morgan fingerprint density at radius 3 is 2.84 bits per heavy atom. The van der Waals surface area contributed by atoms with E-state index in [4.69, 9.17) is 4.74 Å². The first kappa shape index (κ1) is 18.2. The average Bonchev–Trinajstić information content (AvgIpc) is 3.27. The van der Waals surface area contributed by atoms with Crippen LogP contribution < -0.4 is 15.4 Å². The highest BCUT2D eigenvalue weighted by molar-refractivity contribution is 5.82. The van der Waals surface area contributed by atoms with Crippen LogP contribution in [0.15, 0.2) is 18.2 Å². The zero-order chi connectivity index (χ0) is 17.9. The van der Waals surface area contributed by atoms with Crippen molar-refractivity contribution in [2.24, 2.45) is 17.3 Å². The predicted octanol–water partition coefficient (Wildman–Crippen LogP) is 3.43. The van der Waals surface area contributed by atoms with Crippen molar-refractivity contribution >= 4 is 5.91 Å². The third-order valence-electron chi connectivity index (χ3n) is 5.73. The van der Waals surface area contributed by atoms with Gasteiger partial charge in [-0.3, -0.25) is 4.79 Å². The van der Waals surface area contributed by atoms with Crippen molar-refractivity contribution in [3.8, 4) is 5.75 Å². The first-order valence-electron chi connectivity index (χ1n) is 9.71. The Morgan fingerprint density at radius 2 is 2.12 bits per heavy atom. The largest absolute Gasteiger partial charge is 0.493 e. The number of nitrogens with one attached hydrogen (secondary N) is 2. The first-order valence-corrected chi connectivity index (χ1v) is 9.71. The molecule has 1 saturated carbocycles. The van der Waals surface area contributed by atoms with Crippen LogP contribution in [0.3, 0.4) is 0 Å². The smallest absolute Gasteiger partial charge is 0.223 e. The monoisotopic (exact) mass is 344 g/mol. The predicted molar refractivity (Wildman–Crippen MR) is 101 cm³/mol. The van der Waals surface area contributed by atoms with Crippen LogP contribution in [0.5, 0.6) is 5.75 Å². The normalized spacial score (nSPS) is 21.4. The van der Waals surface area contributed by atoms with Crippen molar-refractivity contribution < 1.29 is 9.53 Å². The van der Waals surface area contributed by atoms with E-state index in [2.05, 4.69) is 49.6 Å². The summed E-state index contributed by atoms with van der Waals surface area (Å²) < 4.78 is 5.99. The summed E-state index contributed by atoms with van der Waals surface area (Å²) in [6.07, 6.45) is 4.38. The Balaban J connectivity index is 1.54. The van der Waals surface area contributed by atoms with Crippen LogP contribution in [-0.2, 0) is 11.3 Å². The number of benzene rings is 1. The van der Waals surface area contributed by atoms with Crippen LogP contribution in [-0.4, -0.2) is 25.6 Å². The summed E-state index contributed by atoms with van der Waals surface area (Å²) in [4.78, 5) is 12.6. The Labute approximate surface area is 151 Å². The van der Waals surface area contributed by atoms with Gasteiger partial charge in [0.2, 0.25) is 5.91 Å². The molecule has 4 heteroatoms. The fraction of sp³-hybridized carbons (Fsp3) is 0.667. The molecule has 1 saturated heterocycles. The minimum Gasteiger partial charge on any atom is -0.493 e. The molecule has 1 aromatic carbocycles. The van der Waals surface area contributed by atoms with Crippen LogP contribution in [0.1, 0.15) is 50.7 Å². The lowest BCUT2D eigenvalue weighted by molar-refractivity contribution is -0.123. The summed E-state index contributed by atoms with van der Waals surface area (Å²) in [5.74, 6) is 1.97. The molecule has 1 atom stereocenters. The molecular weight excluding hydrogens is 312 g/mol. The maximum Gasteiger partial charge on any atom is 0.223 e. The van der Waals surface area contributed by atoms with E-state index in [9.17, 15) is 4.79 Å². The van der Waals surface area contributed by atoms with E-state index >= 15 is 0 Å². The highest BCUT2D eigenvalue weighted by Gasteiger charge is 2.57. The maximum absolute atomic E-state index is 12.6. The third kappa shape index (κ3) is 4.55. The standard InChI is InChI=1S/C21H32N2O2/c1-15(2)6-11-25-19-12-16(3)4-5-17(19)14-23-20(24)18-13-21(18)7-9-22-10-8-21/h4-5,12,15,18,22H,6-11,13-14H2,1-3H3,(H,23,24). The number of hydrogen-bond acceptors (Lipinski definition) is 3. The van der Waals surface area contributed by atoms with Gasteiger partial charge in [0.05, 0.1) is 6.61 Å². The number of piperidine rings is 1. The van der Waals surface area contributed by atoms with Gasteiger partial charge in [0, 0.05) is 18.0 Å². The number of rotatable bonds is 7. The molecule has 1 amide bonds. The van der Waals surface area contributed by atoms with E-state index in [1.807, 2.05) is 0 Å². The third-order valence-corrected chi connectivity index (χ3v) is 5.73. The minimum atomic E-state index is 0.213. The summed E-state index contributed by atoms with van der Waals surface area (Å²) in [7, 11) is 0. The first-order chi connectivity index (χ1) is 12.0. The van der Waals surface area contributed by atoms with Gasteiger partial charge in [0.25, 0.3) is 0 Å². The van der Waals surface area contributed by atoms with Crippen molar-refractivity contribution in [3.05, 3.63) is 29.3 Å². The summed E-state index contributed by atoms with van der Waals surface area (Å²) in [5.41, 5.74) is 2.55. The van der Waals surface area contributed by atoms with E-state index in [1.165, 1.54) is 5.56 Å². The van der Waals surface area contributed by atoms with Gasteiger partial charge in [-0.15, -0.1) is 0 Å². The fourth-order valence-corrected chi connectivity index (χ4v) is 3.85. The van der Waals surface area contributed by atoms with Gasteiger partial charge in [-0.25, -0.2) is 0 Å². The zero-order valence-corrected chi connectivity index (χ0v) is 15.9. The number of carbonyl (C=O) groups excluding carboxylic acids is 1. The number of ether oxygens (including phenoxy) is 1. The van der Waals surface area contributed by atoms with Gasteiger partial charge >= 0.3 is 0 Å². The van der Waals surface area contributed by atoms with E-state index in [1.54, 1.807) is 0 Å². The number of aryl methyl sites for hydroxylation is 1.